The molecule has 0 atom stereocenters. The van der Waals surface area contributed by atoms with Crippen LogP contribution < -0.4 is 16.8 Å². The molecule has 8 nitrogen and oxygen atoms in total. The van der Waals surface area contributed by atoms with E-state index in [1.807, 2.05) is 0 Å². The zero-order valence-corrected chi connectivity index (χ0v) is 11.0. The van der Waals surface area contributed by atoms with Crippen molar-refractivity contribution in [2.45, 2.75) is 20.4 Å². The predicted octanol–water partition coefficient (Wildman–Crippen LogP) is -0.854. The van der Waals surface area contributed by atoms with Gasteiger partial charge in [-0.25, -0.2) is 10.8 Å². The first-order chi connectivity index (χ1) is 8.86. The van der Waals surface area contributed by atoms with Crippen LogP contribution in [0.25, 0.3) is 11.0 Å². The molecule has 2 aromatic heterocycles. The minimum atomic E-state index is -0.809. The van der Waals surface area contributed by atoms with E-state index in [2.05, 4.69) is 15.5 Å². The molecule has 1 amide bonds. The van der Waals surface area contributed by atoms with Crippen LogP contribution in [-0.2, 0) is 18.4 Å². The molecule has 102 valence electrons. The van der Waals surface area contributed by atoms with Gasteiger partial charge in [0.15, 0.2) is 5.65 Å². The molecule has 0 radical (unpaired) electrons. The van der Waals surface area contributed by atoms with Gasteiger partial charge in [0.05, 0.1) is 17.9 Å². The summed E-state index contributed by atoms with van der Waals surface area (Å²) in [4.78, 5) is 28.0. The Bertz CT molecular complexity index is 684. The Balaban J connectivity index is 2.45. The number of nitrogens with one attached hydrogen (secondary N) is 1. The maximum Gasteiger partial charge on any atom is 0.264 e. The summed E-state index contributed by atoms with van der Waals surface area (Å²) in [7, 11) is 1.71. The van der Waals surface area contributed by atoms with E-state index in [0.29, 0.717) is 11.0 Å². The molecule has 2 aromatic rings. The number of hydrogen-bond acceptors (Lipinski definition) is 5. The summed E-state index contributed by atoms with van der Waals surface area (Å²) in [6, 6.07) is 0. The number of aryl methyl sites for hydroxylation is 1. The summed E-state index contributed by atoms with van der Waals surface area (Å²) in [5.41, 5.74) is 1.58. The lowest BCUT2D eigenvalue weighted by atomic mass is 9.92. The van der Waals surface area contributed by atoms with Crippen LogP contribution in [0.3, 0.4) is 0 Å². The van der Waals surface area contributed by atoms with Crippen molar-refractivity contribution in [2.24, 2.45) is 18.3 Å². The minimum absolute atomic E-state index is 0.187. The molecule has 2 rings (SSSR count). The number of aromatic nitrogens is 4. The second-order valence-electron chi connectivity index (χ2n) is 5.04. The fourth-order valence-electron chi connectivity index (χ4n) is 1.87. The van der Waals surface area contributed by atoms with E-state index >= 15 is 0 Å². The van der Waals surface area contributed by atoms with Gasteiger partial charge in [0.2, 0.25) is 5.91 Å². The molecule has 3 N–H and O–H groups in total. The fourth-order valence-corrected chi connectivity index (χ4v) is 1.87. The van der Waals surface area contributed by atoms with Gasteiger partial charge in [-0.2, -0.15) is 5.10 Å². The van der Waals surface area contributed by atoms with Crippen molar-refractivity contribution < 1.29 is 4.79 Å². The normalized spacial score (nSPS) is 11.8. The second-order valence-corrected chi connectivity index (χ2v) is 5.04. The molecule has 0 saturated heterocycles. The van der Waals surface area contributed by atoms with Gasteiger partial charge in [-0.1, -0.05) is 0 Å². The summed E-state index contributed by atoms with van der Waals surface area (Å²) in [5, 5.41) is 4.41. The van der Waals surface area contributed by atoms with Crippen molar-refractivity contribution in [1.29, 1.82) is 0 Å². The summed E-state index contributed by atoms with van der Waals surface area (Å²) < 4.78 is 2.91. The largest absolute Gasteiger partial charge is 0.298 e. The molecule has 0 aliphatic heterocycles. The molecule has 19 heavy (non-hydrogen) atoms. The summed E-state index contributed by atoms with van der Waals surface area (Å²) >= 11 is 0. The van der Waals surface area contributed by atoms with Crippen LogP contribution >= 0.6 is 0 Å². The third kappa shape index (κ3) is 2.22. The van der Waals surface area contributed by atoms with Crippen LogP contribution in [0.4, 0.5) is 0 Å². The van der Waals surface area contributed by atoms with E-state index in [-0.39, 0.29) is 18.0 Å². The highest BCUT2D eigenvalue weighted by molar-refractivity contribution is 5.81. The number of hydrogen-bond donors (Lipinski definition) is 2. The highest BCUT2D eigenvalue weighted by Gasteiger charge is 2.28. The smallest absolute Gasteiger partial charge is 0.264 e. The number of fused-ring (bicyclic) bond motifs is 1. The summed E-state index contributed by atoms with van der Waals surface area (Å²) in [6.45, 7) is 3.59. The topological polar surface area (TPSA) is 108 Å². The van der Waals surface area contributed by atoms with Gasteiger partial charge < -0.3 is 0 Å². The van der Waals surface area contributed by atoms with Crippen LogP contribution in [0.15, 0.2) is 17.3 Å². The van der Waals surface area contributed by atoms with Gasteiger partial charge in [-0.15, -0.1) is 0 Å². The fraction of sp³-hybridized carbons (Fsp3) is 0.455. The number of amides is 1. The lowest BCUT2D eigenvalue weighted by Crippen LogP contribution is -2.44. The standard InChI is InChI=1S/C11H16N6O2/c1-11(2,10(19)15-12)5-17-6-13-8-7(9(17)18)4-14-16(8)3/h4,6H,5,12H2,1-3H3,(H,15,19). The average Bonchev–Trinajstić information content (AvgIpc) is 2.74. The van der Waals surface area contributed by atoms with E-state index in [4.69, 9.17) is 5.84 Å². The highest BCUT2D eigenvalue weighted by atomic mass is 16.2. The number of carbonyl (C=O) groups excluding carboxylic acids is 1. The van der Waals surface area contributed by atoms with Crippen LogP contribution in [0.1, 0.15) is 13.8 Å². The zero-order chi connectivity index (χ0) is 14.2. The van der Waals surface area contributed by atoms with Crippen molar-refractivity contribution >= 4 is 16.9 Å². The SMILES string of the molecule is Cn1ncc2c(=O)n(CC(C)(C)C(=O)NN)cnc21. The molecule has 2 heterocycles. The van der Waals surface area contributed by atoms with Gasteiger partial charge in [0.25, 0.3) is 5.56 Å². The third-order valence-electron chi connectivity index (χ3n) is 3.03. The number of nitrogens with zero attached hydrogens (tertiary/aromatic N) is 4. The minimum Gasteiger partial charge on any atom is -0.298 e. The van der Waals surface area contributed by atoms with Crippen molar-refractivity contribution in [2.75, 3.05) is 0 Å². The van der Waals surface area contributed by atoms with Gasteiger partial charge in [-0.05, 0) is 13.8 Å². The Morgan fingerprint density at radius 1 is 1.53 bits per heavy atom. The molecular weight excluding hydrogens is 248 g/mol. The van der Waals surface area contributed by atoms with Gasteiger partial charge in [0.1, 0.15) is 5.39 Å². The first-order valence-corrected chi connectivity index (χ1v) is 5.75. The molecule has 0 aliphatic rings. The first-order valence-electron chi connectivity index (χ1n) is 5.75. The molecule has 0 spiro atoms. The van der Waals surface area contributed by atoms with Gasteiger partial charge in [0, 0.05) is 13.6 Å². The summed E-state index contributed by atoms with van der Waals surface area (Å²) in [6.07, 6.45) is 2.88. The quantitative estimate of drug-likeness (QED) is 0.426. The molecule has 0 saturated carbocycles. The highest BCUT2D eigenvalue weighted by Crippen LogP contribution is 2.17. The number of rotatable bonds is 3. The Hall–Kier alpha value is -2.22. The monoisotopic (exact) mass is 264 g/mol. The van der Waals surface area contributed by atoms with E-state index in [1.54, 1.807) is 20.9 Å². The van der Waals surface area contributed by atoms with Gasteiger partial charge in [-0.3, -0.25) is 24.3 Å². The number of nitrogens with two attached hydrogens (primary N) is 1. The van der Waals surface area contributed by atoms with Crippen molar-refractivity contribution in [3.63, 3.8) is 0 Å². The molecule has 0 fully saturated rings. The molecule has 8 heteroatoms. The molecular formula is C11H16N6O2. The molecule has 0 bridgehead atoms. The Labute approximate surface area is 109 Å². The van der Waals surface area contributed by atoms with Crippen LogP contribution in [0.2, 0.25) is 0 Å². The third-order valence-corrected chi connectivity index (χ3v) is 3.03. The number of carbonyl (C=O) groups is 1. The average molecular weight is 264 g/mol. The lowest BCUT2D eigenvalue weighted by molar-refractivity contribution is -0.130. The van der Waals surface area contributed by atoms with E-state index in [0.717, 1.165) is 0 Å². The zero-order valence-electron chi connectivity index (χ0n) is 11.0. The van der Waals surface area contributed by atoms with E-state index in [1.165, 1.54) is 21.8 Å². The predicted molar refractivity (Wildman–Crippen MR) is 68.9 cm³/mol. The Morgan fingerprint density at radius 2 is 2.21 bits per heavy atom. The molecule has 0 aliphatic carbocycles. The van der Waals surface area contributed by atoms with Crippen LogP contribution in [-0.4, -0.2) is 25.2 Å². The van der Waals surface area contributed by atoms with Crippen LogP contribution in [0.5, 0.6) is 0 Å². The maximum absolute atomic E-state index is 12.2. The summed E-state index contributed by atoms with van der Waals surface area (Å²) in [5.74, 6) is 4.79. The van der Waals surface area contributed by atoms with E-state index in [9.17, 15) is 9.59 Å². The van der Waals surface area contributed by atoms with Crippen LogP contribution in [0, 0.1) is 5.41 Å². The van der Waals surface area contributed by atoms with Crippen molar-refractivity contribution in [1.82, 2.24) is 24.8 Å². The Kier molecular flexibility index (Phi) is 3.11. The van der Waals surface area contributed by atoms with Crippen molar-refractivity contribution in [3.05, 3.63) is 22.9 Å². The van der Waals surface area contributed by atoms with Crippen molar-refractivity contribution in [3.8, 4) is 0 Å². The lowest BCUT2D eigenvalue weighted by Gasteiger charge is -2.22. The van der Waals surface area contributed by atoms with Gasteiger partial charge >= 0.3 is 0 Å². The Morgan fingerprint density at radius 3 is 2.84 bits per heavy atom. The molecule has 0 unspecified atom stereocenters. The maximum atomic E-state index is 12.2. The van der Waals surface area contributed by atoms with E-state index < -0.39 is 5.41 Å². The number of hydrazine groups is 1. The second kappa shape index (κ2) is 4.47. The first kappa shape index (κ1) is 13.2. The molecule has 0 aromatic carbocycles.